The number of nitrogens with zero attached hydrogens (tertiary/aromatic N) is 2. The molecule has 0 aliphatic carbocycles. The first kappa shape index (κ1) is 12.4. The van der Waals surface area contributed by atoms with E-state index in [1.54, 1.807) is 19.1 Å². The van der Waals surface area contributed by atoms with Crippen LogP contribution >= 0.6 is 11.7 Å². The zero-order chi connectivity index (χ0) is 12.5. The van der Waals surface area contributed by atoms with Crippen LogP contribution in [-0.2, 0) is 10.0 Å². The fourth-order valence-corrected chi connectivity index (χ4v) is 3.36. The third-order valence-electron chi connectivity index (χ3n) is 2.17. The first-order chi connectivity index (χ1) is 8.04. The molecule has 1 aromatic heterocycles. The van der Waals surface area contributed by atoms with Gasteiger partial charge < -0.3 is 5.11 Å². The molecule has 0 aliphatic rings. The average Bonchev–Trinajstić information content (AvgIpc) is 2.75. The summed E-state index contributed by atoms with van der Waals surface area (Å²) < 4.78 is 34.4. The molecule has 0 saturated carbocycles. The van der Waals surface area contributed by atoms with Gasteiger partial charge in [-0.05, 0) is 19.1 Å². The molecular formula is C9H11N3O3S2. The van der Waals surface area contributed by atoms with Crippen LogP contribution in [0.4, 0.5) is 0 Å². The van der Waals surface area contributed by atoms with Gasteiger partial charge in [0.1, 0.15) is 15.9 Å². The predicted molar refractivity (Wildman–Crippen MR) is 64.3 cm³/mol. The Kier molecular flexibility index (Phi) is 3.38. The molecule has 2 N–H and O–H groups in total. The number of nitrogens with one attached hydrogen (secondary N) is 1. The minimum atomic E-state index is -3.67. The standard InChI is InChI=1S/C9H11N3O3S2/c1-6(5-13)12-17(14,15)8-4-2-3-7-9(8)11-16-10-7/h2-4,6,12-13H,5H2,1H3. The lowest BCUT2D eigenvalue weighted by atomic mass is 10.3. The maximum absolute atomic E-state index is 12.0. The van der Waals surface area contributed by atoms with E-state index in [0.717, 1.165) is 11.7 Å². The Bertz CT molecular complexity index is 623. The number of benzene rings is 1. The van der Waals surface area contributed by atoms with Crippen molar-refractivity contribution >= 4 is 32.8 Å². The number of aromatic nitrogens is 2. The summed E-state index contributed by atoms with van der Waals surface area (Å²) in [7, 11) is -3.67. The van der Waals surface area contributed by atoms with Crippen LogP contribution in [0.25, 0.3) is 11.0 Å². The highest BCUT2D eigenvalue weighted by Crippen LogP contribution is 2.20. The molecule has 1 atom stereocenters. The maximum Gasteiger partial charge on any atom is 0.243 e. The number of rotatable bonds is 4. The Morgan fingerprint density at radius 3 is 2.94 bits per heavy atom. The van der Waals surface area contributed by atoms with E-state index in [9.17, 15) is 8.42 Å². The molecule has 6 nitrogen and oxygen atoms in total. The van der Waals surface area contributed by atoms with Gasteiger partial charge in [-0.3, -0.25) is 0 Å². The topological polar surface area (TPSA) is 92.2 Å². The molecular weight excluding hydrogens is 262 g/mol. The largest absolute Gasteiger partial charge is 0.395 e. The fourth-order valence-electron chi connectivity index (χ4n) is 1.36. The SMILES string of the molecule is CC(CO)NS(=O)(=O)c1cccc2nsnc12. The van der Waals surface area contributed by atoms with Gasteiger partial charge in [0.05, 0.1) is 18.3 Å². The van der Waals surface area contributed by atoms with Gasteiger partial charge in [-0.1, -0.05) is 6.07 Å². The number of fused-ring (bicyclic) bond motifs is 1. The lowest BCUT2D eigenvalue weighted by molar-refractivity contribution is 0.265. The second kappa shape index (κ2) is 4.65. The summed E-state index contributed by atoms with van der Waals surface area (Å²) in [5, 5.41) is 8.87. The van der Waals surface area contributed by atoms with Crippen molar-refractivity contribution in [2.45, 2.75) is 17.9 Å². The summed E-state index contributed by atoms with van der Waals surface area (Å²) in [4.78, 5) is 0.0871. The number of sulfonamides is 1. The Balaban J connectivity index is 2.49. The van der Waals surface area contributed by atoms with E-state index in [1.807, 2.05) is 0 Å². The van der Waals surface area contributed by atoms with Crippen LogP contribution in [-0.4, -0.2) is 34.9 Å². The third kappa shape index (κ3) is 2.44. The van der Waals surface area contributed by atoms with E-state index in [-0.39, 0.29) is 11.5 Å². The first-order valence-corrected chi connectivity index (χ1v) is 7.10. The number of hydrogen-bond donors (Lipinski definition) is 2. The van der Waals surface area contributed by atoms with Crippen molar-refractivity contribution in [3.05, 3.63) is 18.2 Å². The van der Waals surface area contributed by atoms with Gasteiger partial charge in [-0.15, -0.1) is 0 Å². The zero-order valence-corrected chi connectivity index (χ0v) is 10.6. The van der Waals surface area contributed by atoms with Crippen LogP contribution in [0.1, 0.15) is 6.92 Å². The molecule has 0 spiro atoms. The molecule has 2 aromatic rings. The van der Waals surface area contributed by atoms with Gasteiger partial charge in [-0.25, -0.2) is 13.1 Å². The highest BCUT2D eigenvalue weighted by molar-refractivity contribution is 7.89. The Hall–Kier alpha value is -1.09. The van der Waals surface area contributed by atoms with Gasteiger partial charge in [-0.2, -0.15) is 8.75 Å². The number of aliphatic hydroxyl groups is 1. The molecule has 1 unspecified atom stereocenters. The molecule has 0 bridgehead atoms. The molecule has 8 heteroatoms. The predicted octanol–water partition coefficient (Wildman–Crippen LogP) is 0.350. The van der Waals surface area contributed by atoms with E-state index in [2.05, 4.69) is 13.5 Å². The molecule has 0 fully saturated rings. The quantitative estimate of drug-likeness (QED) is 0.838. The normalized spacial score (nSPS) is 14.0. The lowest BCUT2D eigenvalue weighted by Crippen LogP contribution is -2.35. The smallest absolute Gasteiger partial charge is 0.243 e. The second-order valence-electron chi connectivity index (χ2n) is 3.59. The highest BCUT2D eigenvalue weighted by Gasteiger charge is 2.21. The Morgan fingerprint density at radius 2 is 2.24 bits per heavy atom. The van der Waals surface area contributed by atoms with Crippen molar-refractivity contribution in [1.82, 2.24) is 13.5 Å². The molecule has 0 aliphatic heterocycles. The number of aliphatic hydroxyl groups excluding tert-OH is 1. The minimum absolute atomic E-state index is 0.0871. The van der Waals surface area contributed by atoms with E-state index in [4.69, 9.17) is 5.11 Å². The van der Waals surface area contributed by atoms with Crippen molar-refractivity contribution < 1.29 is 13.5 Å². The molecule has 0 radical (unpaired) electrons. The zero-order valence-electron chi connectivity index (χ0n) is 8.99. The minimum Gasteiger partial charge on any atom is -0.395 e. The first-order valence-electron chi connectivity index (χ1n) is 4.89. The maximum atomic E-state index is 12.0. The third-order valence-corrected chi connectivity index (χ3v) is 4.33. The van der Waals surface area contributed by atoms with Crippen molar-refractivity contribution in [2.24, 2.45) is 0 Å². The van der Waals surface area contributed by atoms with Crippen molar-refractivity contribution in [2.75, 3.05) is 6.61 Å². The van der Waals surface area contributed by atoms with Crippen LogP contribution in [0, 0.1) is 0 Å². The van der Waals surface area contributed by atoms with E-state index >= 15 is 0 Å². The second-order valence-corrected chi connectivity index (χ2v) is 5.80. The van der Waals surface area contributed by atoms with Crippen molar-refractivity contribution in [1.29, 1.82) is 0 Å². The highest BCUT2D eigenvalue weighted by atomic mass is 32.2. The van der Waals surface area contributed by atoms with Gasteiger partial charge >= 0.3 is 0 Å². The summed E-state index contributed by atoms with van der Waals surface area (Å²) in [5.41, 5.74) is 0.907. The summed E-state index contributed by atoms with van der Waals surface area (Å²) in [6.45, 7) is 1.32. The fraction of sp³-hybridized carbons (Fsp3) is 0.333. The summed E-state index contributed by atoms with van der Waals surface area (Å²) >= 11 is 0.966. The van der Waals surface area contributed by atoms with Gasteiger partial charge in [0.25, 0.3) is 0 Å². The van der Waals surface area contributed by atoms with Crippen LogP contribution in [0.2, 0.25) is 0 Å². The van der Waals surface area contributed by atoms with E-state index < -0.39 is 16.1 Å². The van der Waals surface area contributed by atoms with Crippen LogP contribution in [0.15, 0.2) is 23.1 Å². The summed E-state index contributed by atoms with van der Waals surface area (Å²) in [6.07, 6.45) is 0. The number of hydrogen-bond acceptors (Lipinski definition) is 6. The molecule has 2 rings (SSSR count). The molecule has 1 aromatic carbocycles. The van der Waals surface area contributed by atoms with Crippen LogP contribution in [0.5, 0.6) is 0 Å². The van der Waals surface area contributed by atoms with Crippen LogP contribution < -0.4 is 4.72 Å². The van der Waals surface area contributed by atoms with Gasteiger partial charge in [0.2, 0.25) is 10.0 Å². The average molecular weight is 273 g/mol. The molecule has 0 amide bonds. The summed E-state index contributed by atoms with van der Waals surface area (Å²) in [6, 6.07) is 4.24. The van der Waals surface area contributed by atoms with Gasteiger partial charge in [0, 0.05) is 6.04 Å². The Morgan fingerprint density at radius 1 is 1.47 bits per heavy atom. The molecule has 0 saturated heterocycles. The van der Waals surface area contributed by atoms with Crippen molar-refractivity contribution in [3.63, 3.8) is 0 Å². The van der Waals surface area contributed by atoms with Crippen molar-refractivity contribution in [3.8, 4) is 0 Å². The lowest BCUT2D eigenvalue weighted by Gasteiger charge is -2.11. The van der Waals surface area contributed by atoms with E-state index in [0.29, 0.717) is 11.0 Å². The monoisotopic (exact) mass is 273 g/mol. The molecule has 92 valence electrons. The van der Waals surface area contributed by atoms with Gasteiger partial charge in [0.15, 0.2) is 0 Å². The summed E-state index contributed by atoms with van der Waals surface area (Å²) in [5.74, 6) is 0. The van der Waals surface area contributed by atoms with Crippen LogP contribution in [0.3, 0.4) is 0 Å². The Labute approximate surface area is 103 Å². The molecule has 17 heavy (non-hydrogen) atoms. The molecule has 1 heterocycles. The van der Waals surface area contributed by atoms with E-state index in [1.165, 1.54) is 6.07 Å².